The van der Waals surface area contributed by atoms with Crippen LogP contribution in [0.2, 0.25) is 0 Å². The fourth-order valence-corrected chi connectivity index (χ4v) is 4.20. The van der Waals surface area contributed by atoms with Crippen LogP contribution in [0, 0.1) is 5.41 Å². The van der Waals surface area contributed by atoms with E-state index in [-0.39, 0.29) is 0 Å². The normalized spacial score (nSPS) is 34.1. The SMILES string of the molecule is CCC1(CN2CCCN3CCCC3C2)CCC1. The van der Waals surface area contributed by atoms with Crippen LogP contribution in [0.1, 0.15) is 51.9 Å². The summed E-state index contributed by atoms with van der Waals surface area (Å²) in [6, 6.07) is 0.895. The lowest BCUT2D eigenvalue weighted by Gasteiger charge is -2.45. The van der Waals surface area contributed by atoms with E-state index in [2.05, 4.69) is 16.7 Å². The first-order chi connectivity index (χ1) is 8.31. The van der Waals surface area contributed by atoms with Gasteiger partial charge in [0.15, 0.2) is 0 Å². The average molecular weight is 236 g/mol. The zero-order valence-electron chi connectivity index (χ0n) is 11.5. The van der Waals surface area contributed by atoms with Gasteiger partial charge in [-0.15, -0.1) is 0 Å². The van der Waals surface area contributed by atoms with Gasteiger partial charge in [-0.2, -0.15) is 0 Å². The van der Waals surface area contributed by atoms with E-state index < -0.39 is 0 Å². The van der Waals surface area contributed by atoms with Crippen molar-refractivity contribution < 1.29 is 0 Å². The molecule has 0 aromatic heterocycles. The molecule has 2 nitrogen and oxygen atoms in total. The van der Waals surface area contributed by atoms with Crippen molar-refractivity contribution in [2.45, 2.75) is 57.9 Å². The zero-order chi connectivity index (χ0) is 11.7. The summed E-state index contributed by atoms with van der Waals surface area (Å²) < 4.78 is 0. The molecule has 3 aliphatic rings. The Balaban J connectivity index is 1.59. The molecule has 0 spiro atoms. The number of hydrogen-bond acceptors (Lipinski definition) is 2. The number of nitrogens with zero attached hydrogens (tertiary/aromatic N) is 2. The highest BCUT2D eigenvalue weighted by Gasteiger charge is 2.38. The van der Waals surface area contributed by atoms with Crippen molar-refractivity contribution in [2.75, 3.05) is 32.7 Å². The van der Waals surface area contributed by atoms with E-state index in [0.717, 1.165) is 6.04 Å². The van der Waals surface area contributed by atoms with E-state index in [1.165, 1.54) is 77.7 Å². The maximum absolute atomic E-state index is 2.80. The Labute approximate surface area is 106 Å². The van der Waals surface area contributed by atoms with Crippen LogP contribution in [0.5, 0.6) is 0 Å². The molecule has 2 aliphatic heterocycles. The van der Waals surface area contributed by atoms with Gasteiger partial charge in [-0.05, 0) is 63.6 Å². The average Bonchev–Trinajstić information content (AvgIpc) is 2.63. The fourth-order valence-electron chi connectivity index (χ4n) is 4.20. The van der Waals surface area contributed by atoms with Crippen molar-refractivity contribution in [1.29, 1.82) is 0 Å². The van der Waals surface area contributed by atoms with E-state index in [4.69, 9.17) is 0 Å². The van der Waals surface area contributed by atoms with Crippen molar-refractivity contribution >= 4 is 0 Å². The highest BCUT2D eigenvalue weighted by Crippen LogP contribution is 2.44. The molecule has 1 atom stereocenters. The highest BCUT2D eigenvalue weighted by atomic mass is 15.3. The summed E-state index contributed by atoms with van der Waals surface area (Å²) in [6.45, 7) is 9.25. The smallest absolute Gasteiger partial charge is 0.0223 e. The monoisotopic (exact) mass is 236 g/mol. The molecule has 0 amide bonds. The lowest BCUT2D eigenvalue weighted by atomic mass is 9.66. The van der Waals surface area contributed by atoms with Crippen molar-refractivity contribution in [3.63, 3.8) is 0 Å². The van der Waals surface area contributed by atoms with E-state index in [1.807, 2.05) is 0 Å². The first kappa shape index (κ1) is 12.0. The second-order valence-corrected chi connectivity index (χ2v) is 6.63. The van der Waals surface area contributed by atoms with Gasteiger partial charge in [0.25, 0.3) is 0 Å². The van der Waals surface area contributed by atoms with Gasteiger partial charge >= 0.3 is 0 Å². The molecular formula is C15H28N2. The topological polar surface area (TPSA) is 6.48 Å². The first-order valence-electron chi connectivity index (χ1n) is 7.78. The minimum Gasteiger partial charge on any atom is -0.301 e. The third-order valence-electron chi connectivity index (χ3n) is 5.61. The Hall–Kier alpha value is -0.0800. The lowest BCUT2D eigenvalue weighted by Crippen LogP contribution is -2.45. The molecule has 0 N–H and O–H groups in total. The second kappa shape index (κ2) is 4.89. The molecule has 1 aliphatic carbocycles. The van der Waals surface area contributed by atoms with Crippen LogP contribution in [-0.2, 0) is 0 Å². The summed E-state index contributed by atoms with van der Waals surface area (Å²) in [4.78, 5) is 5.55. The number of rotatable bonds is 3. The minimum absolute atomic E-state index is 0.716. The van der Waals surface area contributed by atoms with Crippen molar-refractivity contribution in [1.82, 2.24) is 9.80 Å². The van der Waals surface area contributed by atoms with Gasteiger partial charge in [0.2, 0.25) is 0 Å². The molecule has 17 heavy (non-hydrogen) atoms. The number of hydrogen-bond donors (Lipinski definition) is 0. The molecule has 3 rings (SSSR count). The van der Waals surface area contributed by atoms with E-state index >= 15 is 0 Å². The van der Waals surface area contributed by atoms with Crippen LogP contribution < -0.4 is 0 Å². The van der Waals surface area contributed by atoms with Gasteiger partial charge in [0, 0.05) is 19.1 Å². The van der Waals surface area contributed by atoms with Crippen molar-refractivity contribution in [3.8, 4) is 0 Å². The molecule has 0 bridgehead atoms. The predicted octanol–water partition coefficient (Wildman–Crippen LogP) is 2.74. The zero-order valence-corrected chi connectivity index (χ0v) is 11.5. The molecule has 2 heterocycles. The predicted molar refractivity (Wildman–Crippen MR) is 72.2 cm³/mol. The molecule has 0 radical (unpaired) electrons. The van der Waals surface area contributed by atoms with Crippen LogP contribution in [0.3, 0.4) is 0 Å². The van der Waals surface area contributed by atoms with Crippen LogP contribution in [-0.4, -0.2) is 48.6 Å². The van der Waals surface area contributed by atoms with Gasteiger partial charge in [-0.1, -0.05) is 13.3 Å². The Bertz CT molecular complexity index is 254. The minimum atomic E-state index is 0.716. The molecule has 98 valence electrons. The van der Waals surface area contributed by atoms with Gasteiger partial charge in [0.05, 0.1) is 0 Å². The maximum Gasteiger partial charge on any atom is 0.0223 e. The summed E-state index contributed by atoms with van der Waals surface area (Å²) in [5.74, 6) is 0. The fraction of sp³-hybridized carbons (Fsp3) is 1.00. The largest absolute Gasteiger partial charge is 0.301 e. The van der Waals surface area contributed by atoms with Crippen LogP contribution in [0.25, 0.3) is 0 Å². The molecule has 0 aromatic carbocycles. The number of fused-ring (bicyclic) bond motifs is 1. The van der Waals surface area contributed by atoms with Gasteiger partial charge in [-0.25, -0.2) is 0 Å². The van der Waals surface area contributed by atoms with E-state index in [1.54, 1.807) is 0 Å². The van der Waals surface area contributed by atoms with Crippen molar-refractivity contribution in [3.05, 3.63) is 0 Å². The first-order valence-corrected chi connectivity index (χ1v) is 7.78. The van der Waals surface area contributed by atoms with Crippen LogP contribution in [0.15, 0.2) is 0 Å². The Morgan fingerprint density at radius 2 is 1.88 bits per heavy atom. The van der Waals surface area contributed by atoms with E-state index in [0.29, 0.717) is 5.41 Å². The van der Waals surface area contributed by atoms with Crippen molar-refractivity contribution in [2.24, 2.45) is 5.41 Å². The Kier molecular flexibility index (Phi) is 3.45. The molecule has 2 saturated heterocycles. The van der Waals surface area contributed by atoms with Crippen LogP contribution >= 0.6 is 0 Å². The highest BCUT2D eigenvalue weighted by molar-refractivity contribution is 4.92. The summed E-state index contributed by atoms with van der Waals surface area (Å²) in [5, 5.41) is 0. The molecule has 2 heteroatoms. The van der Waals surface area contributed by atoms with Gasteiger partial charge in [-0.3, -0.25) is 4.90 Å². The van der Waals surface area contributed by atoms with E-state index in [9.17, 15) is 0 Å². The van der Waals surface area contributed by atoms with Gasteiger partial charge < -0.3 is 4.90 Å². The quantitative estimate of drug-likeness (QED) is 0.743. The standard InChI is InChI=1S/C15H28N2/c1-2-15(7-4-8-15)13-16-9-5-11-17-10-3-6-14(17)12-16/h14H,2-13H2,1H3. The molecular weight excluding hydrogens is 208 g/mol. The Morgan fingerprint density at radius 1 is 1.06 bits per heavy atom. The Morgan fingerprint density at radius 3 is 2.59 bits per heavy atom. The summed E-state index contributed by atoms with van der Waals surface area (Å²) in [6.07, 6.45) is 10.2. The molecule has 1 saturated carbocycles. The second-order valence-electron chi connectivity index (χ2n) is 6.63. The molecule has 0 aromatic rings. The third-order valence-corrected chi connectivity index (χ3v) is 5.61. The molecule has 3 fully saturated rings. The summed E-state index contributed by atoms with van der Waals surface area (Å²) in [5.41, 5.74) is 0.716. The third kappa shape index (κ3) is 2.39. The maximum atomic E-state index is 2.80. The summed E-state index contributed by atoms with van der Waals surface area (Å²) in [7, 11) is 0. The molecule has 1 unspecified atom stereocenters. The lowest BCUT2D eigenvalue weighted by molar-refractivity contribution is 0.0589. The van der Waals surface area contributed by atoms with Crippen LogP contribution in [0.4, 0.5) is 0 Å². The van der Waals surface area contributed by atoms with Gasteiger partial charge in [0.1, 0.15) is 0 Å². The summed E-state index contributed by atoms with van der Waals surface area (Å²) >= 11 is 0.